The molecule has 1 amide bonds. The quantitative estimate of drug-likeness (QED) is 0.355. The Labute approximate surface area is 204 Å². The van der Waals surface area contributed by atoms with E-state index in [2.05, 4.69) is 10.2 Å². The van der Waals surface area contributed by atoms with Gasteiger partial charge in [-0.2, -0.15) is 15.0 Å². The molecule has 1 heterocycles. The molecule has 5 rings (SSSR count). The van der Waals surface area contributed by atoms with Gasteiger partial charge >= 0.3 is 0 Å². The van der Waals surface area contributed by atoms with Crippen LogP contribution >= 0.6 is 0 Å². The van der Waals surface area contributed by atoms with Gasteiger partial charge in [0.1, 0.15) is 28.5 Å². The van der Waals surface area contributed by atoms with Crippen molar-refractivity contribution in [3.63, 3.8) is 0 Å². The van der Waals surface area contributed by atoms with E-state index in [1.807, 2.05) is 0 Å². The number of phenols is 1. The van der Waals surface area contributed by atoms with Gasteiger partial charge in [0.25, 0.3) is 5.91 Å². The number of hydrogen-bond donors (Lipinski definition) is 5. The first-order chi connectivity index (χ1) is 16.9. The molecule has 4 atom stereocenters. The Morgan fingerprint density at radius 1 is 1.22 bits per heavy atom. The Balaban J connectivity index is 1.75. The van der Waals surface area contributed by atoms with E-state index in [4.69, 9.17) is 5.73 Å². The first-order valence-electron chi connectivity index (χ1n) is 11.3. The SMILES string of the molecule is CN(C)[C@@H]1C(=O)C(C(N)=O)=C(O)[C@@]2(O)C(=O)C3=C(O)c4c(O)ccc(-c5cnn(C)n5)c4C[C@H]3C[C@@H]12. The Morgan fingerprint density at radius 3 is 2.50 bits per heavy atom. The predicted octanol–water partition coefficient (Wildman–Crippen LogP) is -0.240. The number of nitrogens with two attached hydrogens (primary N) is 1. The minimum Gasteiger partial charge on any atom is -0.508 e. The van der Waals surface area contributed by atoms with Crippen molar-refractivity contribution in [1.29, 1.82) is 0 Å². The number of aliphatic hydroxyl groups excluding tert-OH is 2. The fourth-order valence-electron chi connectivity index (χ4n) is 5.95. The predicted molar refractivity (Wildman–Crippen MR) is 124 cm³/mol. The number of amides is 1. The Bertz CT molecular complexity index is 1420. The summed E-state index contributed by atoms with van der Waals surface area (Å²) in [5.74, 6) is -6.86. The number of aryl methyl sites for hydroxylation is 1. The Hall–Kier alpha value is -4.03. The fraction of sp³-hybridized carbons (Fsp3) is 0.375. The monoisotopic (exact) mass is 495 g/mol. The fourth-order valence-corrected chi connectivity index (χ4v) is 5.95. The van der Waals surface area contributed by atoms with Crippen molar-refractivity contribution < 1.29 is 34.8 Å². The molecule has 0 unspecified atom stereocenters. The molecule has 0 radical (unpaired) electrons. The van der Waals surface area contributed by atoms with Crippen LogP contribution in [-0.4, -0.2) is 83.5 Å². The number of phenolic OH excluding ortho intramolecular Hbond substituents is 1. The number of aromatic hydroxyl groups is 1. The smallest absolute Gasteiger partial charge is 0.255 e. The average molecular weight is 495 g/mol. The molecule has 0 bridgehead atoms. The van der Waals surface area contributed by atoms with Crippen LogP contribution in [0.15, 0.2) is 35.2 Å². The Kier molecular flexibility index (Phi) is 5.09. The van der Waals surface area contributed by atoms with Crippen LogP contribution in [0.4, 0.5) is 0 Å². The number of primary amides is 1. The average Bonchev–Trinajstić information content (AvgIpc) is 3.22. The van der Waals surface area contributed by atoms with Gasteiger partial charge in [0.05, 0.1) is 17.8 Å². The lowest BCUT2D eigenvalue weighted by Gasteiger charge is -2.50. The van der Waals surface area contributed by atoms with Gasteiger partial charge in [0, 0.05) is 24.1 Å². The number of aliphatic hydroxyl groups is 3. The van der Waals surface area contributed by atoms with Crippen LogP contribution in [-0.2, 0) is 27.9 Å². The molecule has 12 nitrogen and oxygen atoms in total. The maximum Gasteiger partial charge on any atom is 0.255 e. The zero-order valence-corrected chi connectivity index (χ0v) is 19.8. The maximum atomic E-state index is 13.8. The number of carbonyl (C=O) groups excluding carboxylic acids is 3. The minimum absolute atomic E-state index is 0.00874. The lowest BCUT2D eigenvalue weighted by atomic mass is 9.57. The van der Waals surface area contributed by atoms with Crippen molar-refractivity contribution in [2.45, 2.75) is 24.5 Å². The zero-order valence-electron chi connectivity index (χ0n) is 19.8. The lowest BCUT2D eigenvalue weighted by Crippen LogP contribution is -2.65. The van der Waals surface area contributed by atoms with E-state index in [-0.39, 0.29) is 29.7 Å². The molecule has 12 heteroatoms. The standard InChI is InChI=1S/C24H25N5O7/c1-28(2)18-12-7-9-6-11-10(13-8-26-29(3)27-13)4-5-14(30)16(11)19(31)15(9)21(33)24(12,36)22(34)17(20(18)32)23(25)35/h4-5,8-9,12,18,30-31,34,36H,6-7H2,1-3H3,(H2,25,35)/t9-,12-,18-,24-/m0/s1. The molecule has 0 saturated heterocycles. The van der Waals surface area contributed by atoms with Gasteiger partial charge in [0.15, 0.2) is 11.4 Å². The summed E-state index contributed by atoms with van der Waals surface area (Å²) in [7, 11) is 4.75. The molecule has 188 valence electrons. The van der Waals surface area contributed by atoms with Crippen molar-refractivity contribution in [3.8, 4) is 17.0 Å². The van der Waals surface area contributed by atoms with E-state index >= 15 is 0 Å². The van der Waals surface area contributed by atoms with Crippen LogP contribution in [0.1, 0.15) is 17.5 Å². The number of benzene rings is 1. The summed E-state index contributed by atoms with van der Waals surface area (Å²) in [6.07, 6.45) is 1.72. The summed E-state index contributed by atoms with van der Waals surface area (Å²) < 4.78 is 0. The minimum atomic E-state index is -2.66. The summed E-state index contributed by atoms with van der Waals surface area (Å²) in [4.78, 5) is 41.8. The first-order valence-corrected chi connectivity index (χ1v) is 11.3. The molecule has 1 aromatic heterocycles. The second kappa shape index (κ2) is 7.73. The number of likely N-dealkylation sites (N-methyl/N-ethyl adjacent to an activating group) is 1. The number of ketones is 2. The van der Waals surface area contributed by atoms with E-state index in [0.717, 1.165) is 0 Å². The number of carbonyl (C=O) groups is 3. The number of Topliss-reactive ketones (excluding diaryl/α,β-unsaturated/α-hetero) is 2. The van der Waals surface area contributed by atoms with Crippen LogP contribution < -0.4 is 5.73 Å². The lowest BCUT2D eigenvalue weighted by molar-refractivity contribution is -0.153. The summed E-state index contributed by atoms with van der Waals surface area (Å²) in [6, 6.07) is 1.86. The second-order valence-corrected chi connectivity index (χ2v) is 9.67. The highest BCUT2D eigenvalue weighted by molar-refractivity contribution is 6.24. The molecule has 6 N–H and O–H groups in total. The topological polar surface area (TPSA) is 192 Å². The van der Waals surface area contributed by atoms with E-state index in [1.54, 1.807) is 27.2 Å². The van der Waals surface area contributed by atoms with Gasteiger partial charge in [-0.3, -0.25) is 19.3 Å². The van der Waals surface area contributed by atoms with Crippen LogP contribution in [0.2, 0.25) is 0 Å². The summed E-state index contributed by atoms with van der Waals surface area (Å²) in [6.45, 7) is 0. The summed E-state index contributed by atoms with van der Waals surface area (Å²) in [5.41, 5.74) is 3.25. The number of nitrogens with zero attached hydrogens (tertiary/aromatic N) is 4. The third-order valence-corrected chi connectivity index (χ3v) is 7.48. The zero-order chi connectivity index (χ0) is 26.3. The van der Waals surface area contributed by atoms with E-state index in [9.17, 15) is 34.8 Å². The van der Waals surface area contributed by atoms with Gasteiger partial charge in [-0.1, -0.05) is 0 Å². The van der Waals surface area contributed by atoms with Crippen molar-refractivity contribution in [3.05, 3.63) is 46.4 Å². The number of aromatic nitrogens is 3. The van der Waals surface area contributed by atoms with Gasteiger partial charge in [-0.15, -0.1) is 0 Å². The van der Waals surface area contributed by atoms with E-state index in [1.165, 1.54) is 22.0 Å². The van der Waals surface area contributed by atoms with Gasteiger partial charge in [0.2, 0.25) is 5.78 Å². The van der Waals surface area contributed by atoms with Crippen LogP contribution in [0.3, 0.4) is 0 Å². The van der Waals surface area contributed by atoms with Crippen molar-refractivity contribution >= 4 is 23.2 Å². The molecule has 3 aliphatic rings. The third-order valence-electron chi connectivity index (χ3n) is 7.48. The summed E-state index contributed by atoms with van der Waals surface area (Å²) >= 11 is 0. The highest BCUT2D eigenvalue weighted by Gasteiger charge is 2.64. The maximum absolute atomic E-state index is 13.8. The molecular weight excluding hydrogens is 470 g/mol. The largest absolute Gasteiger partial charge is 0.508 e. The van der Waals surface area contributed by atoms with Crippen molar-refractivity contribution in [1.82, 2.24) is 19.9 Å². The summed E-state index contributed by atoms with van der Waals surface area (Å²) in [5, 5.41) is 52.7. The second-order valence-electron chi connectivity index (χ2n) is 9.67. The van der Waals surface area contributed by atoms with E-state index in [0.29, 0.717) is 16.8 Å². The number of fused-ring (bicyclic) bond motifs is 3. The molecule has 3 aliphatic carbocycles. The van der Waals surface area contributed by atoms with Crippen LogP contribution in [0.5, 0.6) is 5.75 Å². The molecule has 1 aromatic carbocycles. The molecule has 1 fully saturated rings. The van der Waals surface area contributed by atoms with Crippen LogP contribution in [0, 0.1) is 11.8 Å². The Morgan fingerprint density at radius 2 is 1.92 bits per heavy atom. The highest BCUT2D eigenvalue weighted by Crippen LogP contribution is 2.53. The third kappa shape index (κ3) is 2.97. The number of hydrogen-bond acceptors (Lipinski definition) is 10. The van der Waals surface area contributed by atoms with Crippen molar-refractivity contribution in [2.24, 2.45) is 24.6 Å². The highest BCUT2D eigenvalue weighted by atomic mass is 16.3. The number of rotatable bonds is 3. The molecule has 2 aromatic rings. The molecule has 0 spiro atoms. The van der Waals surface area contributed by atoms with Gasteiger partial charge < -0.3 is 26.2 Å². The van der Waals surface area contributed by atoms with Crippen molar-refractivity contribution in [2.75, 3.05) is 14.1 Å². The van der Waals surface area contributed by atoms with E-state index < -0.39 is 58.0 Å². The molecule has 1 saturated carbocycles. The van der Waals surface area contributed by atoms with Gasteiger partial charge in [-0.25, -0.2) is 0 Å². The molecule has 36 heavy (non-hydrogen) atoms. The normalized spacial score (nSPS) is 27.8. The molecular formula is C24H25N5O7. The van der Waals surface area contributed by atoms with Gasteiger partial charge in [-0.05, 0) is 50.6 Å². The van der Waals surface area contributed by atoms with Crippen LogP contribution in [0.25, 0.3) is 17.0 Å². The first kappa shape index (κ1) is 23.7. The molecule has 0 aliphatic heterocycles.